The number of carbonyl (C=O) groups is 1. The van der Waals surface area contributed by atoms with Gasteiger partial charge in [0.15, 0.2) is 6.29 Å². The average Bonchev–Trinajstić information content (AvgIpc) is 2.67. The van der Waals surface area contributed by atoms with Crippen LogP contribution in [0.25, 0.3) is 10.9 Å². The molecule has 0 aromatic carbocycles. The van der Waals surface area contributed by atoms with Crippen molar-refractivity contribution < 1.29 is 13.2 Å². The third kappa shape index (κ3) is 1.73. The maximum Gasteiger partial charge on any atom is 0.308 e. The maximum absolute atomic E-state index is 12.1. The lowest BCUT2D eigenvalue weighted by atomic mass is 10.3. The summed E-state index contributed by atoms with van der Waals surface area (Å²) in [5.41, 5.74) is 0.525. The molecule has 2 aromatic heterocycles. The van der Waals surface area contributed by atoms with Gasteiger partial charge in [-0.05, 0) is 12.1 Å². The van der Waals surface area contributed by atoms with Crippen molar-refractivity contribution in [1.29, 1.82) is 0 Å². The molecule has 0 bridgehead atoms. The Kier molecular flexibility index (Phi) is 2.72. The van der Waals surface area contributed by atoms with Crippen LogP contribution >= 0.6 is 0 Å². The molecule has 0 spiro atoms. The Labute approximate surface area is 98.7 Å². The zero-order valence-electron chi connectivity index (χ0n) is 9.36. The predicted octanol–water partition coefficient (Wildman–Crippen LogP) is 0.503. The van der Waals surface area contributed by atoms with Gasteiger partial charge < -0.3 is 0 Å². The summed E-state index contributed by atoms with van der Waals surface area (Å²) in [6.45, 7) is 0. The molecule has 0 amide bonds. The second-order valence-electron chi connectivity index (χ2n) is 3.68. The summed E-state index contributed by atoms with van der Waals surface area (Å²) in [7, 11) is -0.885. The third-order valence-corrected chi connectivity index (χ3v) is 4.19. The second kappa shape index (κ2) is 3.94. The quantitative estimate of drug-likeness (QED) is 0.747. The summed E-state index contributed by atoms with van der Waals surface area (Å²) < 4.78 is 26.3. The first kappa shape index (κ1) is 11.7. The van der Waals surface area contributed by atoms with Crippen LogP contribution in [0.3, 0.4) is 0 Å². The van der Waals surface area contributed by atoms with E-state index in [4.69, 9.17) is 0 Å². The van der Waals surface area contributed by atoms with Crippen LogP contribution < -0.4 is 0 Å². The molecule has 90 valence electrons. The standard InChI is InChI=1S/C10H11N3O3S/c1-12(2)17(15,16)13-9(7-14)5-8-6-11-4-3-10(8)13/h3-7H,1-2H3. The van der Waals surface area contributed by atoms with E-state index in [9.17, 15) is 13.2 Å². The minimum absolute atomic E-state index is 0.0849. The fourth-order valence-electron chi connectivity index (χ4n) is 1.56. The first-order chi connectivity index (χ1) is 7.98. The Morgan fingerprint density at radius 1 is 1.41 bits per heavy atom. The minimum atomic E-state index is -3.71. The van der Waals surface area contributed by atoms with Gasteiger partial charge in [-0.3, -0.25) is 9.78 Å². The van der Waals surface area contributed by atoms with Gasteiger partial charge in [-0.2, -0.15) is 12.7 Å². The SMILES string of the molecule is CN(C)S(=O)(=O)n1c(C=O)cc2cnccc21. The van der Waals surface area contributed by atoms with Gasteiger partial charge in [0.25, 0.3) is 0 Å². The van der Waals surface area contributed by atoms with E-state index in [2.05, 4.69) is 4.98 Å². The lowest BCUT2D eigenvalue weighted by Gasteiger charge is -2.14. The first-order valence-corrected chi connectivity index (χ1v) is 6.22. The summed E-state index contributed by atoms with van der Waals surface area (Å²) in [5.74, 6) is 0. The largest absolute Gasteiger partial charge is 0.308 e. The summed E-state index contributed by atoms with van der Waals surface area (Å²) >= 11 is 0. The molecule has 0 fully saturated rings. The molecule has 0 aliphatic rings. The van der Waals surface area contributed by atoms with Gasteiger partial charge in [0.05, 0.1) is 11.2 Å². The van der Waals surface area contributed by atoms with Crippen LogP contribution in [0.4, 0.5) is 0 Å². The van der Waals surface area contributed by atoms with E-state index in [1.807, 2.05) is 0 Å². The molecule has 0 saturated heterocycles. The predicted molar refractivity (Wildman–Crippen MR) is 63.1 cm³/mol. The number of hydrogen-bond donors (Lipinski definition) is 0. The molecule has 2 heterocycles. The van der Waals surface area contributed by atoms with Crippen LogP contribution in [-0.2, 0) is 10.2 Å². The number of rotatable bonds is 3. The van der Waals surface area contributed by atoms with E-state index >= 15 is 0 Å². The highest BCUT2D eigenvalue weighted by Gasteiger charge is 2.22. The fraction of sp³-hybridized carbons (Fsp3) is 0.200. The number of hydrogen-bond acceptors (Lipinski definition) is 4. The van der Waals surface area contributed by atoms with E-state index in [-0.39, 0.29) is 5.69 Å². The van der Waals surface area contributed by atoms with Crippen molar-refractivity contribution in [3.05, 3.63) is 30.2 Å². The van der Waals surface area contributed by atoms with Crippen molar-refractivity contribution in [3.63, 3.8) is 0 Å². The smallest absolute Gasteiger partial charge is 0.296 e. The van der Waals surface area contributed by atoms with Gasteiger partial charge >= 0.3 is 10.2 Å². The van der Waals surface area contributed by atoms with E-state index in [0.29, 0.717) is 17.2 Å². The van der Waals surface area contributed by atoms with Crippen LogP contribution in [0.2, 0.25) is 0 Å². The van der Waals surface area contributed by atoms with Crippen LogP contribution in [0, 0.1) is 0 Å². The van der Waals surface area contributed by atoms with Gasteiger partial charge in [-0.1, -0.05) is 0 Å². The van der Waals surface area contributed by atoms with Crippen LogP contribution in [0.5, 0.6) is 0 Å². The molecular weight excluding hydrogens is 242 g/mol. The topological polar surface area (TPSA) is 72.3 Å². The monoisotopic (exact) mass is 253 g/mol. The zero-order valence-corrected chi connectivity index (χ0v) is 10.2. The fourth-order valence-corrected chi connectivity index (χ4v) is 2.66. The van der Waals surface area contributed by atoms with E-state index in [1.165, 1.54) is 32.6 Å². The Bertz CT molecular complexity index is 673. The molecule has 0 aliphatic heterocycles. The van der Waals surface area contributed by atoms with Gasteiger partial charge in [0.2, 0.25) is 0 Å². The highest BCUT2D eigenvalue weighted by Crippen LogP contribution is 2.20. The van der Waals surface area contributed by atoms with Crippen molar-refractivity contribution in [2.24, 2.45) is 0 Å². The molecule has 2 rings (SSSR count). The van der Waals surface area contributed by atoms with Gasteiger partial charge in [0.1, 0.15) is 0 Å². The molecule has 0 aliphatic carbocycles. The number of pyridine rings is 1. The molecule has 7 heteroatoms. The Morgan fingerprint density at radius 3 is 2.71 bits per heavy atom. The number of nitrogens with zero attached hydrogens (tertiary/aromatic N) is 3. The van der Waals surface area contributed by atoms with E-state index < -0.39 is 10.2 Å². The second-order valence-corrected chi connectivity index (χ2v) is 5.67. The number of aldehydes is 1. The summed E-state index contributed by atoms with van der Waals surface area (Å²) in [6, 6.07) is 3.06. The molecule has 0 N–H and O–H groups in total. The van der Waals surface area contributed by atoms with Gasteiger partial charge in [0, 0.05) is 31.9 Å². The van der Waals surface area contributed by atoms with Gasteiger partial charge in [-0.15, -0.1) is 0 Å². The van der Waals surface area contributed by atoms with Crippen LogP contribution in [-0.4, -0.2) is 42.1 Å². The molecule has 0 atom stereocenters. The summed E-state index contributed by atoms with van der Waals surface area (Å²) in [6.07, 6.45) is 3.52. The minimum Gasteiger partial charge on any atom is -0.296 e. The highest BCUT2D eigenvalue weighted by atomic mass is 32.2. The Balaban J connectivity index is 2.89. The normalized spacial score (nSPS) is 12.2. The molecule has 0 saturated carbocycles. The Morgan fingerprint density at radius 2 is 2.12 bits per heavy atom. The molecule has 17 heavy (non-hydrogen) atoms. The van der Waals surface area contributed by atoms with E-state index in [1.54, 1.807) is 6.07 Å². The molecular formula is C10H11N3O3S. The summed E-state index contributed by atoms with van der Waals surface area (Å²) in [5, 5.41) is 0.611. The Hall–Kier alpha value is -1.73. The van der Waals surface area contributed by atoms with Crippen molar-refractivity contribution in [2.75, 3.05) is 14.1 Å². The van der Waals surface area contributed by atoms with Crippen molar-refractivity contribution in [3.8, 4) is 0 Å². The lowest BCUT2D eigenvalue weighted by molar-refractivity contribution is 0.111. The molecule has 2 aromatic rings. The number of aromatic nitrogens is 2. The van der Waals surface area contributed by atoms with Gasteiger partial charge in [-0.25, -0.2) is 3.97 Å². The molecule has 6 nitrogen and oxygen atoms in total. The van der Waals surface area contributed by atoms with Crippen molar-refractivity contribution >= 4 is 27.4 Å². The average molecular weight is 253 g/mol. The van der Waals surface area contributed by atoms with Crippen LogP contribution in [0.1, 0.15) is 10.5 Å². The highest BCUT2D eigenvalue weighted by molar-refractivity contribution is 7.87. The molecule has 0 unspecified atom stereocenters. The summed E-state index contributed by atoms with van der Waals surface area (Å²) in [4.78, 5) is 14.8. The third-order valence-electron chi connectivity index (χ3n) is 2.40. The zero-order chi connectivity index (χ0) is 12.6. The van der Waals surface area contributed by atoms with Crippen molar-refractivity contribution in [1.82, 2.24) is 13.3 Å². The number of fused-ring (bicyclic) bond motifs is 1. The van der Waals surface area contributed by atoms with Crippen molar-refractivity contribution in [2.45, 2.75) is 0 Å². The maximum atomic E-state index is 12.1. The number of carbonyl (C=O) groups excluding carboxylic acids is 1. The van der Waals surface area contributed by atoms with E-state index in [0.717, 1.165) is 8.28 Å². The first-order valence-electron chi connectivity index (χ1n) is 4.82. The lowest BCUT2D eigenvalue weighted by Crippen LogP contribution is -2.29. The molecule has 0 radical (unpaired) electrons. The van der Waals surface area contributed by atoms with Crippen LogP contribution in [0.15, 0.2) is 24.5 Å².